The van der Waals surface area contributed by atoms with Crippen LogP contribution in [0, 0.1) is 6.92 Å². The average Bonchev–Trinajstić information content (AvgIpc) is 2.39. The number of aromatic nitrogens is 2. The number of nitrogens with zero attached hydrogens (tertiary/aromatic N) is 2. The van der Waals surface area contributed by atoms with Crippen molar-refractivity contribution < 1.29 is 9.84 Å². The highest BCUT2D eigenvalue weighted by Gasteiger charge is 2.29. The largest absolute Gasteiger partial charge is 0.388 e. The SMILES string of the molecule is CNc1ncc(C)c(NCC2(O)CCOCC2)n1. The Morgan fingerprint density at radius 3 is 2.83 bits per heavy atom. The predicted octanol–water partition coefficient (Wildman–Crippen LogP) is 0.780. The molecule has 6 nitrogen and oxygen atoms in total. The van der Waals surface area contributed by atoms with Crippen LogP contribution in [0.4, 0.5) is 11.8 Å². The van der Waals surface area contributed by atoms with E-state index in [2.05, 4.69) is 20.6 Å². The Bertz CT molecular complexity index is 405. The van der Waals surface area contributed by atoms with E-state index in [1.165, 1.54) is 0 Å². The molecule has 0 unspecified atom stereocenters. The first-order valence-corrected chi connectivity index (χ1v) is 6.18. The molecule has 1 aromatic heterocycles. The van der Waals surface area contributed by atoms with Crippen LogP contribution in [0.5, 0.6) is 0 Å². The third-order valence-corrected chi connectivity index (χ3v) is 3.20. The number of anilines is 2. The molecule has 0 amide bonds. The van der Waals surface area contributed by atoms with Crippen LogP contribution in [0.15, 0.2) is 6.20 Å². The van der Waals surface area contributed by atoms with E-state index < -0.39 is 5.60 Å². The Kier molecular flexibility index (Phi) is 3.98. The van der Waals surface area contributed by atoms with Gasteiger partial charge in [-0.05, 0) is 6.92 Å². The van der Waals surface area contributed by atoms with Gasteiger partial charge in [-0.25, -0.2) is 4.98 Å². The summed E-state index contributed by atoms with van der Waals surface area (Å²) in [5.41, 5.74) is 0.264. The molecule has 1 aliphatic rings. The third-order valence-electron chi connectivity index (χ3n) is 3.20. The van der Waals surface area contributed by atoms with Gasteiger partial charge in [0.15, 0.2) is 0 Å². The number of aryl methyl sites for hydroxylation is 1. The fraction of sp³-hybridized carbons (Fsp3) is 0.667. The number of hydrogen-bond acceptors (Lipinski definition) is 6. The Balaban J connectivity index is 2.00. The zero-order valence-electron chi connectivity index (χ0n) is 10.9. The van der Waals surface area contributed by atoms with Gasteiger partial charge in [0.2, 0.25) is 5.95 Å². The molecule has 0 aromatic carbocycles. The Morgan fingerprint density at radius 2 is 2.17 bits per heavy atom. The fourth-order valence-electron chi connectivity index (χ4n) is 1.92. The molecular formula is C12H20N4O2. The molecule has 2 rings (SSSR count). The Labute approximate surface area is 107 Å². The van der Waals surface area contributed by atoms with Crippen LogP contribution >= 0.6 is 0 Å². The standard InChI is InChI=1S/C12H20N4O2/c1-9-7-14-11(13-2)16-10(9)15-8-12(17)3-5-18-6-4-12/h7,17H,3-6,8H2,1-2H3,(H2,13,14,15,16). The van der Waals surface area contributed by atoms with Gasteiger partial charge in [0.1, 0.15) is 5.82 Å². The highest BCUT2D eigenvalue weighted by atomic mass is 16.5. The zero-order chi connectivity index (χ0) is 13.0. The number of rotatable bonds is 4. The van der Waals surface area contributed by atoms with Crippen molar-refractivity contribution in [1.29, 1.82) is 0 Å². The summed E-state index contributed by atoms with van der Waals surface area (Å²) in [5.74, 6) is 1.33. The summed E-state index contributed by atoms with van der Waals surface area (Å²) in [6, 6.07) is 0. The van der Waals surface area contributed by atoms with Crippen molar-refractivity contribution in [3.05, 3.63) is 11.8 Å². The number of nitrogens with one attached hydrogen (secondary N) is 2. The van der Waals surface area contributed by atoms with Crippen LogP contribution in [0.3, 0.4) is 0 Å². The second-order valence-corrected chi connectivity index (χ2v) is 4.67. The van der Waals surface area contributed by atoms with E-state index in [4.69, 9.17) is 4.74 Å². The monoisotopic (exact) mass is 252 g/mol. The lowest BCUT2D eigenvalue weighted by Gasteiger charge is -2.32. The van der Waals surface area contributed by atoms with Crippen molar-refractivity contribution in [2.24, 2.45) is 0 Å². The minimum atomic E-state index is -0.699. The molecule has 100 valence electrons. The summed E-state index contributed by atoms with van der Waals surface area (Å²) in [6.45, 7) is 3.65. The quantitative estimate of drug-likeness (QED) is 0.735. The molecule has 0 radical (unpaired) electrons. The van der Waals surface area contributed by atoms with Gasteiger partial charge in [0, 0.05) is 51.4 Å². The van der Waals surface area contributed by atoms with E-state index in [0.29, 0.717) is 38.5 Å². The molecular weight excluding hydrogens is 232 g/mol. The maximum atomic E-state index is 10.3. The number of hydrogen-bond donors (Lipinski definition) is 3. The van der Waals surface area contributed by atoms with Gasteiger partial charge >= 0.3 is 0 Å². The normalized spacial score (nSPS) is 18.4. The molecule has 1 aromatic rings. The van der Waals surface area contributed by atoms with Crippen molar-refractivity contribution in [2.75, 3.05) is 37.4 Å². The fourth-order valence-corrected chi connectivity index (χ4v) is 1.92. The van der Waals surface area contributed by atoms with E-state index >= 15 is 0 Å². The molecule has 1 aliphatic heterocycles. The van der Waals surface area contributed by atoms with E-state index in [9.17, 15) is 5.11 Å². The summed E-state index contributed by atoms with van der Waals surface area (Å²) in [4.78, 5) is 8.46. The predicted molar refractivity (Wildman–Crippen MR) is 69.8 cm³/mol. The number of ether oxygens (including phenoxy) is 1. The van der Waals surface area contributed by atoms with Gasteiger partial charge in [-0.3, -0.25) is 0 Å². The van der Waals surface area contributed by atoms with Crippen molar-refractivity contribution in [3.8, 4) is 0 Å². The van der Waals surface area contributed by atoms with Crippen molar-refractivity contribution in [1.82, 2.24) is 9.97 Å². The molecule has 0 atom stereocenters. The summed E-state index contributed by atoms with van der Waals surface area (Å²) in [7, 11) is 1.78. The van der Waals surface area contributed by atoms with Gasteiger partial charge < -0.3 is 20.5 Å². The van der Waals surface area contributed by atoms with Crippen LogP contribution in [-0.2, 0) is 4.74 Å². The van der Waals surface area contributed by atoms with Crippen LogP contribution in [-0.4, -0.2) is 47.5 Å². The third kappa shape index (κ3) is 3.08. The van der Waals surface area contributed by atoms with Crippen molar-refractivity contribution >= 4 is 11.8 Å². The van der Waals surface area contributed by atoms with E-state index in [-0.39, 0.29) is 0 Å². The van der Waals surface area contributed by atoms with E-state index in [1.807, 2.05) is 6.92 Å². The molecule has 2 heterocycles. The molecule has 1 saturated heterocycles. The first-order valence-electron chi connectivity index (χ1n) is 6.18. The number of aliphatic hydroxyl groups is 1. The van der Waals surface area contributed by atoms with Crippen LogP contribution in [0.25, 0.3) is 0 Å². The highest BCUT2D eigenvalue weighted by molar-refractivity contribution is 5.46. The van der Waals surface area contributed by atoms with Crippen molar-refractivity contribution in [3.63, 3.8) is 0 Å². The maximum Gasteiger partial charge on any atom is 0.224 e. The molecule has 6 heteroatoms. The smallest absolute Gasteiger partial charge is 0.224 e. The van der Waals surface area contributed by atoms with Crippen LogP contribution < -0.4 is 10.6 Å². The highest BCUT2D eigenvalue weighted by Crippen LogP contribution is 2.21. The Morgan fingerprint density at radius 1 is 1.44 bits per heavy atom. The zero-order valence-corrected chi connectivity index (χ0v) is 10.9. The summed E-state index contributed by atoms with van der Waals surface area (Å²) in [5, 5.41) is 16.4. The van der Waals surface area contributed by atoms with Gasteiger partial charge in [0.05, 0.1) is 5.60 Å². The molecule has 18 heavy (non-hydrogen) atoms. The van der Waals surface area contributed by atoms with E-state index in [0.717, 1.165) is 11.4 Å². The lowest BCUT2D eigenvalue weighted by molar-refractivity contribution is -0.0543. The molecule has 0 aliphatic carbocycles. The lowest BCUT2D eigenvalue weighted by atomic mass is 9.94. The molecule has 0 bridgehead atoms. The van der Waals surface area contributed by atoms with Gasteiger partial charge in [0.25, 0.3) is 0 Å². The van der Waals surface area contributed by atoms with Gasteiger partial charge in [-0.2, -0.15) is 4.98 Å². The second kappa shape index (κ2) is 5.49. The van der Waals surface area contributed by atoms with Crippen molar-refractivity contribution in [2.45, 2.75) is 25.4 Å². The van der Waals surface area contributed by atoms with Crippen LogP contribution in [0.2, 0.25) is 0 Å². The maximum absolute atomic E-state index is 10.3. The molecule has 1 fully saturated rings. The molecule has 3 N–H and O–H groups in total. The molecule has 0 saturated carbocycles. The minimum Gasteiger partial charge on any atom is -0.388 e. The first kappa shape index (κ1) is 13.0. The molecule has 0 spiro atoms. The van der Waals surface area contributed by atoms with Gasteiger partial charge in [-0.15, -0.1) is 0 Å². The minimum absolute atomic E-state index is 0.483. The first-order chi connectivity index (χ1) is 8.63. The van der Waals surface area contributed by atoms with E-state index in [1.54, 1.807) is 13.2 Å². The second-order valence-electron chi connectivity index (χ2n) is 4.67. The summed E-state index contributed by atoms with van der Waals surface area (Å²) < 4.78 is 5.25. The summed E-state index contributed by atoms with van der Waals surface area (Å²) >= 11 is 0. The van der Waals surface area contributed by atoms with Gasteiger partial charge in [-0.1, -0.05) is 0 Å². The Hall–Kier alpha value is -1.40. The van der Waals surface area contributed by atoms with Crippen LogP contribution in [0.1, 0.15) is 18.4 Å². The summed E-state index contributed by atoms with van der Waals surface area (Å²) in [6.07, 6.45) is 3.07. The topological polar surface area (TPSA) is 79.3 Å². The average molecular weight is 252 g/mol. The lowest BCUT2D eigenvalue weighted by Crippen LogP contribution is -2.42.